The van der Waals surface area contributed by atoms with Crippen molar-refractivity contribution in [2.24, 2.45) is 0 Å². The van der Waals surface area contributed by atoms with Crippen molar-refractivity contribution in [3.8, 4) is 17.3 Å². The van der Waals surface area contributed by atoms with Crippen molar-refractivity contribution in [3.63, 3.8) is 0 Å². The van der Waals surface area contributed by atoms with Crippen molar-refractivity contribution < 1.29 is 9.00 Å². The number of fused-ring (bicyclic) bond motifs is 1. The lowest BCUT2D eigenvalue weighted by atomic mass is 9.87. The number of H-pyrrole nitrogens is 1. The van der Waals surface area contributed by atoms with Crippen LogP contribution in [0.1, 0.15) is 28.8 Å². The van der Waals surface area contributed by atoms with Crippen molar-refractivity contribution >= 4 is 33.6 Å². The van der Waals surface area contributed by atoms with E-state index in [0.717, 1.165) is 35.1 Å². The first-order valence-corrected chi connectivity index (χ1v) is 12.3. The molecule has 1 aliphatic carbocycles. The molecule has 0 bridgehead atoms. The molecule has 1 aromatic carbocycles. The topological polar surface area (TPSA) is 136 Å². The molecule has 9 nitrogen and oxygen atoms in total. The normalized spacial score (nSPS) is 17.8. The number of benzene rings is 1. The summed E-state index contributed by atoms with van der Waals surface area (Å²) in [5, 5.41) is 16.3. The van der Waals surface area contributed by atoms with E-state index < -0.39 is 11.0 Å². The van der Waals surface area contributed by atoms with E-state index in [9.17, 15) is 9.00 Å². The van der Waals surface area contributed by atoms with E-state index in [4.69, 9.17) is 5.26 Å². The van der Waals surface area contributed by atoms with Crippen LogP contribution in [-0.2, 0) is 11.0 Å². The Balaban J connectivity index is 1.33. The maximum atomic E-state index is 12.7. The molecule has 0 radical (unpaired) electrons. The number of carbonyl (C=O) groups excluding carboxylic acids is 1. The Labute approximate surface area is 204 Å². The van der Waals surface area contributed by atoms with Crippen molar-refractivity contribution in [2.45, 2.75) is 29.8 Å². The van der Waals surface area contributed by atoms with Gasteiger partial charge in [-0.1, -0.05) is 6.07 Å². The molecule has 0 saturated heterocycles. The maximum Gasteiger partial charge on any atom is 0.251 e. The minimum absolute atomic E-state index is 0.0841. The number of pyridine rings is 2. The Hall–Kier alpha value is -4.07. The average Bonchev–Trinajstić information content (AvgIpc) is 3.36. The van der Waals surface area contributed by atoms with E-state index in [1.165, 1.54) is 0 Å². The summed E-state index contributed by atoms with van der Waals surface area (Å²) in [5.74, 6) is -0.181. The van der Waals surface area contributed by atoms with E-state index >= 15 is 0 Å². The van der Waals surface area contributed by atoms with Crippen molar-refractivity contribution in [2.75, 3.05) is 12.4 Å². The SMILES string of the molecule is CNC(=O)c1ccnc(-c2cnc3[nH]ccc3c2NC2CC(NS(=O)c3cccc(C#N)c3)C2)c1. The first-order chi connectivity index (χ1) is 17.1. The molecule has 1 unspecified atom stereocenters. The van der Waals surface area contributed by atoms with Crippen LogP contribution in [0.4, 0.5) is 5.69 Å². The van der Waals surface area contributed by atoms with Crippen LogP contribution in [-0.4, -0.2) is 44.2 Å². The molecule has 1 atom stereocenters. The van der Waals surface area contributed by atoms with Gasteiger partial charge in [-0.2, -0.15) is 5.26 Å². The number of nitrogens with one attached hydrogen (secondary N) is 4. The lowest BCUT2D eigenvalue weighted by Gasteiger charge is -2.37. The molecule has 35 heavy (non-hydrogen) atoms. The first-order valence-electron chi connectivity index (χ1n) is 11.1. The van der Waals surface area contributed by atoms with Crippen LogP contribution in [0.5, 0.6) is 0 Å². The summed E-state index contributed by atoms with van der Waals surface area (Å²) in [6.45, 7) is 0. The van der Waals surface area contributed by atoms with Crippen molar-refractivity contribution in [1.82, 2.24) is 25.0 Å². The third-order valence-corrected chi connectivity index (χ3v) is 7.28. The van der Waals surface area contributed by atoms with E-state index in [1.54, 1.807) is 55.8 Å². The van der Waals surface area contributed by atoms with Crippen LogP contribution in [0, 0.1) is 11.3 Å². The third kappa shape index (κ3) is 4.64. The Bertz CT molecular complexity index is 1470. The van der Waals surface area contributed by atoms with E-state index in [0.29, 0.717) is 21.7 Å². The van der Waals surface area contributed by atoms with Gasteiger partial charge in [0.1, 0.15) is 16.6 Å². The predicted molar refractivity (Wildman–Crippen MR) is 134 cm³/mol. The summed E-state index contributed by atoms with van der Waals surface area (Å²) >= 11 is 0. The van der Waals surface area contributed by atoms with Gasteiger partial charge in [-0.05, 0) is 49.2 Å². The molecule has 10 heteroatoms. The molecular weight excluding hydrogens is 462 g/mol. The van der Waals surface area contributed by atoms with E-state index in [2.05, 4.69) is 36.4 Å². The van der Waals surface area contributed by atoms with Gasteiger partial charge in [0.2, 0.25) is 0 Å². The summed E-state index contributed by atoms with van der Waals surface area (Å²) in [7, 11) is 0.209. The van der Waals surface area contributed by atoms with Crippen LogP contribution in [0.15, 0.2) is 66.0 Å². The molecule has 5 rings (SSSR count). The molecule has 3 heterocycles. The zero-order chi connectivity index (χ0) is 24.4. The second kappa shape index (κ2) is 9.66. The fraction of sp³-hybridized carbons (Fsp3) is 0.200. The van der Waals surface area contributed by atoms with Gasteiger partial charge in [-0.25, -0.2) is 13.9 Å². The average molecular weight is 486 g/mol. The molecule has 0 aliphatic heterocycles. The Kier molecular flexibility index (Phi) is 6.27. The highest BCUT2D eigenvalue weighted by Gasteiger charge is 2.31. The van der Waals surface area contributed by atoms with Crippen molar-refractivity contribution in [3.05, 3.63) is 72.2 Å². The fourth-order valence-electron chi connectivity index (χ4n) is 4.16. The van der Waals surface area contributed by atoms with Crippen LogP contribution < -0.4 is 15.4 Å². The molecule has 1 amide bonds. The highest BCUT2D eigenvalue weighted by Crippen LogP contribution is 2.36. The van der Waals surface area contributed by atoms with Gasteiger partial charge >= 0.3 is 0 Å². The lowest BCUT2D eigenvalue weighted by Crippen LogP contribution is -2.48. The molecule has 176 valence electrons. The summed E-state index contributed by atoms with van der Waals surface area (Å²) in [5.41, 5.74) is 4.11. The predicted octanol–water partition coefficient (Wildman–Crippen LogP) is 3.11. The van der Waals surface area contributed by atoms with Gasteiger partial charge in [0.25, 0.3) is 5.91 Å². The van der Waals surface area contributed by atoms with Crippen LogP contribution in [0.3, 0.4) is 0 Å². The largest absolute Gasteiger partial charge is 0.381 e. The molecule has 4 N–H and O–H groups in total. The van der Waals surface area contributed by atoms with Gasteiger partial charge in [0.15, 0.2) is 0 Å². The molecule has 1 fully saturated rings. The quantitative estimate of drug-likeness (QED) is 0.318. The van der Waals surface area contributed by atoms with Gasteiger partial charge < -0.3 is 15.6 Å². The summed E-state index contributed by atoms with van der Waals surface area (Å²) in [4.78, 5) is 24.9. The second-order valence-corrected chi connectivity index (χ2v) is 9.58. The smallest absolute Gasteiger partial charge is 0.251 e. The van der Waals surface area contributed by atoms with Crippen LogP contribution in [0.25, 0.3) is 22.3 Å². The standard InChI is InChI=1S/C25H23N7O2S/c1-27-25(33)16-5-7-28-22(10-16)21-14-30-24-20(6-8-29-24)23(21)31-17-11-18(12-17)32-35(34)19-4-2-3-15(9-19)13-26/h2-10,14,17-18,32H,11-12H2,1H3,(H,27,33)(H2,29,30,31). The molecule has 1 aliphatic rings. The van der Waals surface area contributed by atoms with Gasteiger partial charge in [0, 0.05) is 54.2 Å². The van der Waals surface area contributed by atoms with Gasteiger partial charge in [0.05, 0.1) is 27.9 Å². The molecular formula is C25H23N7O2S. The molecule has 3 aromatic heterocycles. The number of rotatable bonds is 7. The van der Waals surface area contributed by atoms with Gasteiger partial charge in [-0.15, -0.1) is 0 Å². The highest BCUT2D eigenvalue weighted by molar-refractivity contribution is 7.83. The Morgan fingerprint density at radius 1 is 1.17 bits per heavy atom. The number of hydrogen-bond acceptors (Lipinski definition) is 6. The third-order valence-electron chi connectivity index (χ3n) is 6.05. The highest BCUT2D eigenvalue weighted by atomic mass is 32.2. The number of aromatic amines is 1. The summed E-state index contributed by atoms with van der Waals surface area (Å²) in [6, 6.07) is 14.5. The second-order valence-electron chi connectivity index (χ2n) is 8.33. The monoisotopic (exact) mass is 485 g/mol. The van der Waals surface area contributed by atoms with Crippen molar-refractivity contribution in [1.29, 1.82) is 5.26 Å². The number of hydrogen-bond donors (Lipinski definition) is 4. The zero-order valence-corrected chi connectivity index (χ0v) is 19.7. The summed E-state index contributed by atoms with van der Waals surface area (Å²) in [6.07, 6.45) is 6.77. The molecule has 1 saturated carbocycles. The minimum Gasteiger partial charge on any atom is -0.381 e. The molecule has 4 aromatic rings. The number of carbonyl (C=O) groups is 1. The first kappa shape index (κ1) is 22.7. The van der Waals surface area contributed by atoms with E-state index in [-0.39, 0.29) is 18.0 Å². The zero-order valence-electron chi connectivity index (χ0n) is 18.9. The molecule has 0 spiro atoms. The lowest BCUT2D eigenvalue weighted by molar-refractivity contribution is 0.0963. The Morgan fingerprint density at radius 2 is 2.03 bits per heavy atom. The van der Waals surface area contributed by atoms with Crippen LogP contribution in [0.2, 0.25) is 0 Å². The maximum absolute atomic E-state index is 12.7. The number of aromatic nitrogens is 3. The number of nitrogens with zero attached hydrogens (tertiary/aromatic N) is 3. The van der Waals surface area contributed by atoms with Crippen LogP contribution >= 0.6 is 0 Å². The minimum atomic E-state index is -1.39. The Morgan fingerprint density at radius 3 is 2.83 bits per heavy atom. The van der Waals surface area contributed by atoms with Gasteiger partial charge in [-0.3, -0.25) is 9.78 Å². The number of nitriles is 1. The number of anilines is 1. The van der Waals surface area contributed by atoms with E-state index in [1.807, 2.05) is 12.3 Å². The summed E-state index contributed by atoms with van der Waals surface area (Å²) < 4.78 is 15.8. The fourth-order valence-corrected chi connectivity index (χ4v) is 5.22. The number of amides is 1.